The van der Waals surface area contributed by atoms with Gasteiger partial charge in [-0.1, -0.05) is 0 Å². The summed E-state index contributed by atoms with van der Waals surface area (Å²) >= 11 is 0. The molecule has 0 aromatic carbocycles. The molecule has 1 rings (SSSR count). The van der Waals surface area contributed by atoms with Gasteiger partial charge in [0.05, 0.1) is 6.61 Å². The zero-order chi connectivity index (χ0) is 14.5. The summed E-state index contributed by atoms with van der Waals surface area (Å²) in [6, 6.07) is 1.15. The molecule has 0 saturated carbocycles. The van der Waals surface area contributed by atoms with Gasteiger partial charge in [0.2, 0.25) is 0 Å². The number of ether oxygens (including phenoxy) is 1. The van der Waals surface area contributed by atoms with E-state index in [-0.39, 0.29) is 5.54 Å². The van der Waals surface area contributed by atoms with Crippen LogP contribution < -0.4 is 5.32 Å². The Balaban J connectivity index is 2.49. The molecule has 19 heavy (non-hydrogen) atoms. The van der Waals surface area contributed by atoms with E-state index in [1.54, 1.807) is 7.11 Å². The number of methoxy groups -OCH3 is 1. The minimum absolute atomic E-state index is 0.166. The summed E-state index contributed by atoms with van der Waals surface area (Å²) in [6.45, 7) is 10.8. The third-order valence-electron chi connectivity index (χ3n) is 4.07. The highest BCUT2D eigenvalue weighted by atomic mass is 16.5. The van der Waals surface area contributed by atoms with Gasteiger partial charge in [0.15, 0.2) is 0 Å². The summed E-state index contributed by atoms with van der Waals surface area (Å²) in [5.41, 5.74) is 0.166. The summed E-state index contributed by atoms with van der Waals surface area (Å²) in [5.74, 6) is 0. The molecule has 0 bridgehead atoms. The normalized spacial score (nSPS) is 21.0. The Kier molecular flexibility index (Phi) is 6.74. The Bertz CT molecular complexity index is 244. The Hall–Kier alpha value is -0.160. The molecule has 114 valence electrons. The van der Waals surface area contributed by atoms with Gasteiger partial charge in [0.1, 0.15) is 0 Å². The maximum Gasteiger partial charge on any atom is 0.0630 e. The average molecular weight is 271 g/mol. The Morgan fingerprint density at radius 2 is 1.89 bits per heavy atom. The maximum atomic E-state index is 5.41. The highest BCUT2D eigenvalue weighted by molar-refractivity contribution is 4.84. The molecule has 1 fully saturated rings. The first kappa shape index (κ1) is 16.9. The molecule has 1 aliphatic rings. The highest BCUT2D eigenvalue weighted by Crippen LogP contribution is 2.16. The number of hydrogen-bond donors (Lipinski definition) is 1. The zero-order valence-corrected chi connectivity index (χ0v) is 13.7. The van der Waals surface area contributed by atoms with Crippen LogP contribution in [0.1, 0.15) is 33.6 Å². The van der Waals surface area contributed by atoms with Crippen molar-refractivity contribution in [2.75, 3.05) is 47.4 Å². The van der Waals surface area contributed by atoms with Crippen molar-refractivity contribution in [2.45, 2.75) is 51.2 Å². The van der Waals surface area contributed by atoms with Crippen molar-refractivity contribution in [3.63, 3.8) is 0 Å². The summed E-state index contributed by atoms with van der Waals surface area (Å²) in [5, 5.41) is 3.60. The van der Waals surface area contributed by atoms with Crippen molar-refractivity contribution in [2.24, 2.45) is 0 Å². The lowest BCUT2D eigenvalue weighted by molar-refractivity contribution is 0.0526. The summed E-state index contributed by atoms with van der Waals surface area (Å²) < 4.78 is 5.41. The van der Waals surface area contributed by atoms with E-state index in [0.717, 1.165) is 13.2 Å². The van der Waals surface area contributed by atoms with Crippen LogP contribution in [0.25, 0.3) is 0 Å². The van der Waals surface area contributed by atoms with Crippen molar-refractivity contribution in [3.8, 4) is 0 Å². The third-order valence-corrected chi connectivity index (χ3v) is 4.07. The van der Waals surface area contributed by atoms with Crippen molar-refractivity contribution < 1.29 is 4.74 Å². The second-order valence-corrected chi connectivity index (χ2v) is 6.94. The van der Waals surface area contributed by atoms with E-state index >= 15 is 0 Å². The van der Waals surface area contributed by atoms with Gasteiger partial charge in [-0.2, -0.15) is 0 Å². The first-order chi connectivity index (χ1) is 8.83. The van der Waals surface area contributed by atoms with Gasteiger partial charge in [-0.3, -0.25) is 4.90 Å². The fourth-order valence-electron chi connectivity index (χ4n) is 2.64. The minimum atomic E-state index is 0.166. The lowest BCUT2D eigenvalue weighted by Gasteiger charge is -2.40. The van der Waals surface area contributed by atoms with Crippen LogP contribution in [0.4, 0.5) is 0 Å². The second kappa shape index (κ2) is 7.58. The van der Waals surface area contributed by atoms with Crippen LogP contribution in [0.3, 0.4) is 0 Å². The Morgan fingerprint density at radius 1 is 1.32 bits per heavy atom. The van der Waals surface area contributed by atoms with Crippen LogP contribution in [0.2, 0.25) is 0 Å². The number of nitrogens with one attached hydrogen (secondary N) is 1. The summed E-state index contributed by atoms with van der Waals surface area (Å²) in [4.78, 5) is 4.94. The molecule has 0 aliphatic carbocycles. The molecule has 0 radical (unpaired) electrons. The van der Waals surface area contributed by atoms with E-state index in [2.05, 4.69) is 50.0 Å². The van der Waals surface area contributed by atoms with Gasteiger partial charge >= 0.3 is 0 Å². The quantitative estimate of drug-likeness (QED) is 0.791. The first-order valence-electron chi connectivity index (χ1n) is 7.48. The van der Waals surface area contributed by atoms with E-state index in [1.165, 1.54) is 25.9 Å². The molecule has 1 aliphatic heterocycles. The van der Waals surface area contributed by atoms with Gasteiger partial charge in [0.25, 0.3) is 0 Å². The molecule has 1 atom stereocenters. The fraction of sp³-hybridized carbons (Fsp3) is 1.00. The maximum absolute atomic E-state index is 5.41. The predicted molar refractivity (Wildman–Crippen MR) is 81.7 cm³/mol. The zero-order valence-electron chi connectivity index (χ0n) is 13.7. The Labute approximate surface area is 119 Å². The standard InChI is InChI=1S/C15H33N3O/c1-15(2,3)16-11-14(12-19-6)18(5)13-7-9-17(4)10-8-13/h13-14,16H,7-12H2,1-6H3. The van der Waals surface area contributed by atoms with Gasteiger partial charge in [-0.15, -0.1) is 0 Å². The molecular formula is C15H33N3O. The van der Waals surface area contributed by atoms with Crippen LogP contribution in [0, 0.1) is 0 Å². The van der Waals surface area contributed by atoms with E-state index < -0.39 is 0 Å². The molecule has 0 aromatic rings. The number of hydrogen-bond acceptors (Lipinski definition) is 4. The number of likely N-dealkylation sites (tertiary alicyclic amines) is 1. The molecule has 4 heteroatoms. The van der Waals surface area contributed by atoms with Crippen LogP contribution >= 0.6 is 0 Å². The number of piperidine rings is 1. The summed E-state index contributed by atoms with van der Waals surface area (Å²) in [7, 11) is 6.26. The van der Waals surface area contributed by atoms with Gasteiger partial charge in [-0.25, -0.2) is 0 Å². The van der Waals surface area contributed by atoms with Gasteiger partial charge in [0, 0.05) is 31.3 Å². The van der Waals surface area contributed by atoms with Crippen molar-refractivity contribution >= 4 is 0 Å². The van der Waals surface area contributed by atoms with Crippen LogP contribution in [-0.4, -0.2) is 74.9 Å². The highest BCUT2D eigenvalue weighted by Gasteiger charge is 2.26. The molecule has 0 spiro atoms. The molecule has 4 nitrogen and oxygen atoms in total. The molecule has 0 aromatic heterocycles. The van der Waals surface area contributed by atoms with Crippen LogP contribution in [0.15, 0.2) is 0 Å². The lowest BCUT2D eigenvalue weighted by Crippen LogP contribution is -2.53. The van der Waals surface area contributed by atoms with Crippen molar-refractivity contribution in [1.29, 1.82) is 0 Å². The van der Waals surface area contributed by atoms with Crippen LogP contribution in [0.5, 0.6) is 0 Å². The van der Waals surface area contributed by atoms with Gasteiger partial charge < -0.3 is 15.0 Å². The fourth-order valence-corrected chi connectivity index (χ4v) is 2.64. The Morgan fingerprint density at radius 3 is 2.37 bits per heavy atom. The van der Waals surface area contributed by atoms with E-state index in [9.17, 15) is 0 Å². The van der Waals surface area contributed by atoms with Gasteiger partial charge in [-0.05, 0) is 60.8 Å². The molecular weight excluding hydrogens is 238 g/mol. The van der Waals surface area contributed by atoms with Crippen molar-refractivity contribution in [3.05, 3.63) is 0 Å². The van der Waals surface area contributed by atoms with E-state index in [0.29, 0.717) is 12.1 Å². The van der Waals surface area contributed by atoms with E-state index in [1.807, 2.05) is 0 Å². The molecule has 1 N–H and O–H groups in total. The molecule has 0 amide bonds. The largest absolute Gasteiger partial charge is 0.383 e. The molecule has 1 saturated heterocycles. The van der Waals surface area contributed by atoms with E-state index in [4.69, 9.17) is 4.74 Å². The van der Waals surface area contributed by atoms with Crippen molar-refractivity contribution in [1.82, 2.24) is 15.1 Å². The minimum Gasteiger partial charge on any atom is -0.383 e. The smallest absolute Gasteiger partial charge is 0.0630 e. The first-order valence-corrected chi connectivity index (χ1v) is 7.48. The second-order valence-electron chi connectivity index (χ2n) is 6.94. The lowest BCUT2D eigenvalue weighted by atomic mass is 10.0. The third kappa shape index (κ3) is 6.21. The SMILES string of the molecule is COCC(CNC(C)(C)C)N(C)C1CCN(C)CC1. The average Bonchev–Trinajstić information content (AvgIpc) is 2.33. The monoisotopic (exact) mass is 271 g/mol. The van der Waals surface area contributed by atoms with Crippen LogP contribution in [-0.2, 0) is 4.74 Å². The predicted octanol–water partition coefficient (Wildman–Crippen LogP) is 1.42. The summed E-state index contributed by atoms with van der Waals surface area (Å²) in [6.07, 6.45) is 2.53. The topological polar surface area (TPSA) is 27.7 Å². The molecule has 1 unspecified atom stereocenters. The molecule has 1 heterocycles. The number of rotatable bonds is 6. The number of likely N-dealkylation sites (N-methyl/N-ethyl adjacent to an activating group) is 1. The number of nitrogens with zero attached hydrogens (tertiary/aromatic N) is 2.